The van der Waals surface area contributed by atoms with Crippen molar-refractivity contribution in [3.8, 4) is 0 Å². The zero-order chi connectivity index (χ0) is 18.1. The van der Waals surface area contributed by atoms with Gasteiger partial charge in [-0.05, 0) is 55.2 Å². The Morgan fingerprint density at radius 1 is 1.23 bits per heavy atom. The van der Waals surface area contributed by atoms with Crippen LogP contribution in [0.1, 0.15) is 44.6 Å². The quantitative estimate of drug-likeness (QED) is 0.900. The highest BCUT2D eigenvalue weighted by Crippen LogP contribution is 2.37. The first kappa shape index (κ1) is 17.0. The monoisotopic (exact) mass is 351 g/mol. The van der Waals surface area contributed by atoms with Crippen LogP contribution in [-0.2, 0) is 4.79 Å². The lowest BCUT2D eigenvalue weighted by molar-refractivity contribution is -0.141. The molecule has 0 amide bonds. The van der Waals surface area contributed by atoms with Gasteiger partial charge in [-0.15, -0.1) is 0 Å². The van der Waals surface area contributed by atoms with E-state index in [1.807, 2.05) is 6.07 Å². The van der Waals surface area contributed by atoms with Gasteiger partial charge in [0.2, 0.25) is 0 Å². The lowest BCUT2D eigenvalue weighted by Crippen LogP contribution is -2.39. The summed E-state index contributed by atoms with van der Waals surface area (Å²) in [6.07, 6.45) is 9.13. The number of rotatable bonds is 3. The van der Waals surface area contributed by atoms with E-state index in [0.717, 1.165) is 42.5 Å². The van der Waals surface area contributed by atoms with Crippen molar-refractivity contribution in [2.24, 2.45) is 11.8 Å². The SMILES string of the molecule is CC1C=C(c2cccc3ncnc(N4CCCC(C(=O)O)C4)c23)CCC1. The average Bonchev–Trinajstić information content (AvgIpc) is 2.67. The minimum Gasteiger partial charge on any atom is -0.481 e. The predicted molar refractivity (Wildman–Crippen MR) is 103 cm³/mol. The number of aromatic nitrogens is 2. The van der Waals surface area contributed by atoms with E-state index in [9.17, 15) is 9.90 Å². The molecule has 1 saturated heterocycles. The molecule has 2 atom stereocenters. The molecule has 1 aliphatic heterocycles. The number of nitrogens with zero attached hydrogens (tertiary/aromatic N) is 3. The van der Waals surface area contributed by atoms with Crippen molar-refractivity contribution >= 4 is 28.3 Å². The molecule has 0 bridgehead atoms. The fourth-order valence-electron chi connectivity index (χ4n) is 4.32. The van der Waals surface area contributed by atoms with Gasteiger partial charge in [-0.1, -0.05) is 25.1 Å². The van der Waals surface area contributed by atoms with Crippen LogP contribution in [0.15, 0.2) is 30.6 Å². The summed E-state index contributed by atoms with van der Waals surface area (Å²) in [5.74, 6) is 0.441. The lowest BCUT2D eigenvalue weighted by atomic mass is 9.86. The van der Waals surface area contributed by atoms with E-state index in [2.05, 4.69) is 40.0 Å². The number of carbonyl (C=O) groups is 1. The van der Waals surface area contributed by atoms with Crippen LogP contribution in [0, 0.1) is 11.8 Å². The Kier molecular flexibility index (Phi) is 4.62. The number of fused-ring (bicyclic) bond motifs is 1. The lowest BCUT2D eigenvalue weighted by Gasteiger charge is -2.32. The van der Waals surface area contributed by atoms with Crippen molar-refractivity contribution < 1.29 is 9.90 Å². The molecule has 5 heteroatoms. The number of benzene rings is 1. The molecular weight excluding hydrogens is 326 g/mol. The van der Waals surface area contributed by atoms with Crippen LogP contribution in [0.3, 0.4) is 0 Å². The number of anilines is 1. The second-order valence-corrected chi connectivity index (χ2v) is 7.58. The Bertz CT molecular complexity index is 856. The van der Waals surface area contributed by atoms with Crippen LogP contribution in [0.5, 0.6) is 0 Å². The maximum Gasteiger partial charge on any atom is 0.308 e. The Balaban J connectivity index is 1.82. The fraction of sp³-hybridized carbons (Fsp3) is 0.476. The molecule has 1 aromatic carbocycles. The van der Waals surface area contributed by atoms with E-state index in [1.54, 1.807) is 6.33 Å². The summed E-state index contributed by atoms with van der Waals surface area (Å²) in [5, 5.41) is 10.5. The molecule has 1 aromatic heterocycles. The van der Waals surface area contributed by atoms with Gasteiger partial charge in [-0.2, -0.15) is 0 Å². The molecule has 4 rings (SSSR count). The molecule has 2 aromatic rings. The Morgan fingerprint density at radius 3 is 2.92 bits per heavy atom. The van der Waals surface area contributed by atoms with Gasteiger partial charge in [-0.25, -0.2) is 9.97 Å². The average molecular weight is 351 g/mol. The molecule has 1 N–H and O–H groups in total. The van der Waals surface area contributed by atoms with Crippen molar-refractivity contribution in [1.29, 1.82) is 0 Å². The molecule has 0 saturated carbocycles. The van der Waals surface area contributed by atoms with Gasteiger partial charge >= 0.3 is 5.97 Å². The third-order valence-corrected chi connectivity index (χ3v) is 5.65. The van der Waals surface area contributed by atoms with Crippen molar-refractivity contribution in [2.75, 3.05) is 18.0 Å². The normalized spacial score (nSPS) is 23.7. The Hall–Kier alpha value is -2.43. The zero-order valence-corrected chi connectivity index (χ0v) is 15.2. The highest BCUT2D eigenvalue weighted by atomic mass is 16.4. The first-order chi connectivity index (χ1) is 12.6. The Labute approximate surface area is 153 Å². The molecule has 1 aliphatic carbocycles. The summed E-state index contributed by atoms with van der Waals surface area (Å²) in [6.45, 7) is 3.63. The molecule has 26 heavy (non-hydrogen) atoms. The third-order valence-electron chi connectivity index (χ3n) is 5.65. The van der Waals surface area contributed by atoms with Crippen LogP contribution < -0.4 is 4.90 Å². The summed E-state index contributed by atoms with van der Waals surface area (Å²) in [7, 11) is 0. The first-order valence-corrected chi connectivity index (χ1v) is 9.56. The zero-order valence-electron chi connectivity index (χ0n) is 15.2. The molecule has 0 radical (unpaired) electrons. The van der Waals surface area contributed by atoms with Gasteiger partial charge < -0.3 is 10.0 Å². The highest BCUT2D eigenvalue weighted by Gasteiger charge is 2.28. The summed E-state index contributed by atoms with van der Waals surface area (Å²) in [4.78, 5) is 22.7. The standard InChI is InChI=1S/C21H25N3O2/c1-14-5-2-6-15(11-14)17-8-3-9-18-19(17)20(23-13-22-18)24-10-4-7-16(12-24)21(25)26/h3,8-9,11,13-14,16H,2,4-7,10,12H2,1H3,(H,25,26). The van der Waals surface area contributed by atoms with Gasteiger partial charge in [0.25, 0.3) is 0 Å². The van der Waals surface area contributed by atoms with Crippen molar-refractivity contribution in [3.05, 3.63) is 36.2 Å². The van der Waals surface area contributed by atoms with E-state index in [-0.39, 0.29) is 5.92 Å². The topological polar surface area (TPSA) is 66.3 Å². The first-order valence-electron chi connectivity index (χ1n) is 9.56. The van der Waals surface area contributed by atoms with Gasteiger partial charge in [0, 0.05) is 13.1 Å². The molecule has 2 heterocycles. The van der Waals surface area contributed by atoms with Crippen molar-refractivity contribution in [2.45, 2.75) is 39.0 Å². The predicted octanol–water partition coefficient (Wildman–Crippen LogP) is 4.13. The van der Waals surface area contributed by atoms with Crippen LogP contribution >= 0.6 is 0 Å². The number of hydrogen-bond donors (Lipinski definition) is 1. The number of allylic oxidation sites excluding steroid dienone is 2. The van der Waals surface area contributed by atoms with E-state index in [1.165, 1.54) is 24.0 Å². The smallest absolute Gasteiger partial charge is 0.308 e. The maximum atomic E-state index is 11.5. The largest absolute Gasteiger partial charge is 0.481 e. The van der Waals surface area contributed by atoms with Gasteiger partial charge in [-0.3, -0.25) is 4.79 Å². The summed E-state index contributed by atoms with van der Waals surface area (Å²) in [6, 6.07) is 6.25. The van der Waals surface area contributed by atoms with Crippen LogP contribution in [0.2, 0.25) is 0 Å². The van der Waals surface area contributed by atoms with Gasteiger partial charge in [0.15, 0.2) is 0 Å². The minimum absolute atomic E-state index is 0.324. The van der Waals surface area contributed by atoms with Gasteiger partial charge in [0.1, 0.15) is 12.1 Å². The van der Waals surface area contributed by atoms with Crippen LogP contribution in [0.4, 0.5) is 5.82 Å². The summed E-state index contributed by atoms with van der Waals surface area (Å²) < 4.78 is 0. The number of carboxylic acids is 1. The van der Waals surface area contributed by atoms with Crippen molar-refractivity contribution in [3.63, 3.8) is 0 Å². The molecule has 2 unspecified atom stereocenters. The van der Waals surface area contributed by atoms with Crippen LogP contribution in [-0.4, -0.2) is 34.1 Å². The highest BCUT2D eigenvalue weighted by molar-refractivity contribution is 5.99. The third kappa shape index (κ3) is 3.18. The summed E-state index contributed by atoms with van der Waals surface area (Å²) >= 11 is 0. The van der Waals surface area contributed by atoms with Crippen LogP contribution in [0.25, 0.3) is 16.5 Å². The number of aliphatic carboxylic acids is 1. The number of piperidine rings is 1. The second kappa shape index (κ2) is 7.06. The number of carboxylic acid groups (broad SMARTS) is 1. The molecule has 2 aliphatic rings. The summed E-state index contributed by atoms with van der Waals surface area (Å²) in [5.41, 5.74) is 3.52. The van der Waals surface area contributed by atoms with E-state index < -0.39 is 5.97 Å². The molecule has 5 nitrogen and oxygen atoms in total. The number of hydrogen-bond acceptors (Lipinski definition) is 4. The Morgan fingerprint density at radius 2 is 2.12 bits per heavy atom. The van der Waals surface area contributed by atoms with Crippen molar-refractivity contribution in [1.82, 2.24) is 9.97 Å². The van der Waals surface area contributed by atoms with Gasteiger partial charge in [0.05, 0.1) is 16.8 Å². The molecule has 136 valence electrons. The van der Waals surface area contributed by atoms with E-state index >= 15 is 0 Å². The second-order valence-electron chi connectivity index (χ2n) is 7.58. The fourth-order valence-corrected chi connectivity index (χ4v) is 4.32. The molecular formula is C21H25N3O2. The molecule has 1 fully saturated rings. The minimum atomic E-state index is -0.711. The maximum absolute atomic E-state index is 11.5. The van der Waals surface area contributed by atoms with E-state index in [0.29, 0.717) is 12.5 Å². The van der Waals surface area contributed by atoms with E-state index in [4.69, 9.17) is 0 Å². The molecule has 0 spiro atoms.